The molecule has 0 aliphatic rings. The van der Waals surface area contributed by atoms with Crippen LogP contribution in [0.5, 0.6) is 0 Å². The van der Waals surface area contributed by atoms with E-state index in [1.165, 1.54) is 11.8 Å². The zero-order valence-electron chi connectivity index (χ0n) is 7.42. The maximum Gasteiger partial charge on any atom is 0.321 e. The minimum atomic E-state index is -0.955. The monoisotopic (exact) mass is 233 g/mol. The summed E-state index contributed by atoms with van der Waals surface area (Å²) >= 11 is 1.45. The molecule has 0 radical (unpaired) electrons. The zero-order valence-corrected chi connectivity index (χ0v) is 9.05. The van der Waals surface area contributed by atoms with E-state index in [-0.39, 0.29) is 12.4 Å². The van der Waals surface area contributed by atoms with Crippen molar-refractivity contribution in [2.75, 3.05) is 5.75 Å². The van der Waals surface area contributed by atoms with Crippen molar-refractivity contribution in [1.82, 2.24) is 0 Å². The van der Waals surface area contributed by atoms with Crippen LogP contribution in [-0.2, 0) is 4.79 Å². The lowest BCUT2D eigenvalue weighted by molar-refractivity contribution is -0.137. The summed E-state index contributed by atoms with van der Waals surface area (Å²) < 4.78 is 0. The summed E-state index contributed by atoms with van der Waals surface area (Å²) in [5.74, 6) is -0.553. The van der Waals surface area contributed by atoms with Gasteiger partial charge >= 0.3 is 5.97 Å². The average molecular weight is 234 g/mol. The number of carbonyl (C=O) groups is 1. The molecule has 0 heterocycles. The molecule has 1 aromatic carbocycles. The van der Waals surface area contributed by atoms with Crippen molar-refractivity contribution < 1.29 is 9.90 Å². The summed E-state index contributed by atoms with van der Waals surface area (Å²) in [6.07, 6.45) is 0. The summed E-state index contributed by atoms with van der Waals surface area (Å²) in [6, 6.07) is 8.81. The van der Waals surface area contributed by atoms with Crippen LogP contribution in [0.1, 0.15) is 0 Å². The van der Waals surface area contributed by atoms with Crippen LogP contribution in [0.25, 0.3) is 0 Å². The molecular weight excluding hydrogens is 222 g/mol. The second-order valence-corrected chi connectivity index (χ2v) is 3.66. The Kier molecular flexibility index (Phi) is 6.36. The molecule has 14 heavy (non-hydrogen) atoms. The Balaban J connectivity index is 0.00000169. The Morgan fingerprint density at radius 1 is 1.43 bits per heavy atom. The SMILES string of the molecule is Cl.N[C@@H](CSc1ccccc1)C(=O)O. The minimum Gasteiger partial charge on any atom is -0.480 e. The molecule has 3 N–H and O–H groups in total. The highest BCUT2D eigenvalue weighted by Gasteiger charge is 2.10. The fraction of sp³-hybridized carbons (Fsp3) is 0.222. The van der Waals surface area contributed by atoms with E-state index in [1.54, 1.807) is 0 Å². The van der Waals surface area contributed by atoms with Crippen LogP contribution in [0.4, 0.5) is 0 Å². The van der Waals surface area contributed by atoms with Crippen LogP contribution in [0.2, 0.25) is 0 Å². The van der Waals surface area contributed by atoms with Gasteiger partial charge in [0.1, 0.15) is 6.04 Å². The number of halogens is 1. The molecule has 0 spiro atoms. The molecule has 78 valence electrons. The number of aliphatic carboxylic acids is 1. The molecule has 0 aliphatic heterocycles. The van der Waals surface area contributed by atoms with E-state index in [0.29, 0.717) is 5.75 Å². The van der Waals surface area contributed by atoms with E-state index in [9.17, 15) is 4.79 Å². The van der Waals surface area contributed by atoms with E-state index < -0.39 is 12.0 Å². The van der Waals surface area contributed by atoms with Gasteiger partial charge in [-0.1, -0.05) is 18.2 Å². The average Bonchev–Trinajstić information content (AvgIpc) is 2.15. The second kappa shape index (κ2) is 6.70. The van der Waals surface area contributed by atoms with Gasteiger partial charge in [0, 0.05) is 10.6 Å². The first kappa shape index (κ1) is 13.3. The number of rotatable bonds is 4. The molecule has 0 aromatic heterocycles. The fourth-order valence-corrected chi connectivity index (χ4v) is 1.64. The number of carboxylic acid groups (broad SMARTS) is 1. The van der Waals surface area contributed by atoms with Crippen molar-refractivity contribution in [3.05, 3.63) is 30.3 Å². The van der Waals surface area contributed by atoms with Gasteiger partial charge in [0.05, 0.1) is 0 Å². The minimum absolute atomic E-state index is 0. The molecule has 0 amide bonds. The van der Waals surface area contributed by atoms with Gasteiger partial charge in [0.2, 0.25) is 0 Å². The molecule has 0 aliphatic carbocycles. The van der Waals surface area contributed by atoms with Crippen molar-refractivity contribution in [2.24, 2.45) is 5.73 Å². The Morgan fingerprint density at radius 2 is 2.00 bits per heavy atom. The molecule has 1 rings (SSSR count). The summed E-state index contributed by atoms with van der Waals surface area (Å²) in [4.78, 5) is 11.4. The maximum absolute atomic E-state index is 10.4. The summed E-state index contributed by atoms with van der Waals surface area (Å²) in [7, 11) is 0. The molecule has 0 saturated heterocycles. The van der Waals surface area contributed by atoms with E-state index in [4.69, 9.17) is 10.8 Å². The Morgan fingerprint density at radius 3 is 2.50 bits per heavy atom. The lowest BCUT2D eigenvalue weighted by atomic mass is 10.4. The number of hydrogen-bond acceptors (Lipinski definition) is 3. The van der Waals surface area contributed by atoms with Crippen LogP contribution >= 0.6 is 24.2 Å². The molecule has 0 saturated carbocycles. The Bertz CT molecular complexity index is 281. The van der Waals surface area contributed by atoms with Crippen LogP contribution in [0.3, 0.4) is 0 Å². The van der Waals surface area contributed by atoms with Gasteiger partial charge in [-0.3, -0.25) is 4.79 Å². The van der Waals surface area contributed by atoms with Crippen LogP contribution in [0.15, 0.2) is 35.2 Å². The Labute approximate surface area is 93.1 Å². The first-order valence-electron chi connectivity index (χ1n) is 3.86. The van der Waals surface area contributed by atoms with E-state index in [1.807, 2.05) is 30.3 Å². The smallest absolute Gasteiger partial charge is 0.321 e. The molecular formula is C9H12ClNO2S. The normalized spacial score (nSPS) is 11.5. The van der Waals surface area contributed by atoms with Gasteiger partial charge in [-0.05, 0) is 12.1 Å². The molecule has 3 nitrogen and oxygen atoms in total. The second-order valence-electron chi connectivity index (χ2n) is 2.57. The number of benzene rings is 1. The predicted octanol–water partition coefficient (Wildman–Crippen LogP) is 1.61. The molecule has 0 fully saturated rings. The van der Waals surface area contributed by atoms with Crippen molar-refractivity contribution >= 4 is 30.1 Å². The van der Waals surface area contributed by atoms with Crippen molar-refractivity contribution in [2.45, 2.75) is 10.9 Å². The lowest BCUT2D eigenvalue weighted by Gasteiger charge is -2.04. The van der Waals surface area contributed by atoms with Crippen LogP contribution < -0.4 is 5.73 Å². The number of thioether (sulfide) groups is 1. The van der Waals surface area contributed by atoms with Crippen molar-refractivity contribution in [3.8, 4) is 0 Å². The third kappa shape index (κ3) is 4.50. The first-order valence-corrected chi connectivity index (χ1v) is 4.85. The highest BCUT2D eigenvalue weighted by Crippen LogP contribution is 2.17. The van der Waals surface area contributed by atoms with Gasteiger partial charge < -0.3 is 10.8 Å². The largest absolute Gasteiger partial charge is 0.480 e. The number of carboxylic acids is 1. The van der Waals surface area contributed by atoms with Gasteiger partial charge in [0.15, 0.2) is 0 Å². The zero-order chi connectivity index (χ0) is 9.68. The van der Waals surface area contributed by atoms with Gasteiger partial charge in [-0.2, -0.15) is 0 Å². The maximum atomic E-state index is 10.4. The number of hydrogen-bond donors (Lipinski definition) is 2. The van der Waals surface area contributed by atoms with Crippen LogP contribution in [-0.4, -0.2) is 22.9 Å². The summed E-state index contributed by atoms with van der Waals surface area (Å²) in [5.41, 5.74) is 5.34. The van der Waals surface area contributed by atoms with Gasteiger partial charge in [0.25, 0.3) is 0 Å². The highest BCUT2D eigenvalue weighted by molar-refractivity contribution is 7.99. The lowest BCUT2D eigenvalue weighted by Crippen LogP contribution is -2.32. The standard InChI is InChI=1S/C9H11NO2S.ClH/c10-8(9(11)12)6-13-7-4-2-1-3-5-7;/h1-5,8H,6,10H2,(H,11,12);1H/t8-;/m0./s1. The summed E-state index contributed by atoms with van der Waals surface area (Å²) in [6.45, 7) is 0. The third-order valence-electron chi connectivity index (χ3n) is 1.49. The fourth-order valence-electron chi connectivity index (χ4n) is 0.774. The quantitative estimate of drug-likeness (QED) is 0.776. The molecule has 0 unspecified atom stereocenters. The van der Waals surface area contributed by atoms with Gasteiger partial charge in [-0.25, -0.2) is 0 Å². The highest BCUT2D eigenvalue weighted by atomic mass is 35.5. The Hall–Kier alpha value is -0.710. The van der Waals surface area contributed by atoms with E-state index in [2.05, 4.69) is 0 Å². The molecule has 0 bridgehead atoms. The molecule has 1 atom stereocenters. The molecule has 5 heteroatoms. The van der Waals surface area contributed by atoms with E-state index >= 15 is 0 Å². The van der Waals surface area contributed by atoms with Crippen molar-refractivity contribution in [3.63, 3.8) is 0 Å². The van der Waals surface area contributed by atoms with E-state index in [0.717, 1.165) is 4.90 Å². The topological polar surface area (TPSA) is 63.3 Å². The van der Waals surface area contributed by atoms with Gasteiger partial charge in [-0.15, -0.1) is 24.2 Å². The molecule has 1 aromatic rings. The van der Waals surface area contributed by atoms with Crippen LogP contribution in [0, 0.1) is 0 Å². The predicted molar refractivity (Wildman–Crippen MR) is 60.0 cm³/mol. The number of nitrogens with two attached hydrogens (primary N) is 1. The van der Waals surface area contributed by atoms with Crippen molar-refractivity contribution in [1.29, 1.82) is 0 Å². The summed E-state index contributed by atoms with van der Waals surface area (Å²) in [5, 5.41) is 8.52. The third-order valence-corrected chi connectivity index (χ3v) is 2.62. The first-order chi connectivity index (χ1) is 6.20.